The van der Waals surface area contributed by atoms with Gasteiger partial charge in [-0.15, -0.1) is 0 Å². The molecule has 4 rings (SSSR count). The topological polar surface area (TPSA) is 25.4 Å². The van der Waals surface area contributed by atoms with Crippen LogP contribution >= 0.6 is 0 Å². The number of nitrogens with zero attached hydrogens (tertiary/aromatic N) is 2. The Labute approximate surface area is 197 Å². The van der Waals surface area contributed by atoms with Crippen molar-refractivity contribution in [3.8, 4) is 17.0 Å². The molecule has 1 aromatic heterocycles. The molecule has 1 aliphatic heterocycles. The van der Waals surface area contributed by atoms with Crippen LogP contribution in [-0.2, 0) is 18.9 Å². The van der Waals surface area contributed by atoms with Gasteiger partial charge in [0.2, 0.25) is 5.88 Å². The molecular weight excluding hydrogens is 477 g/mol. The number of aromatic nitrogens is 1. The Balaban J connectivity index is 1.75. The molecule has 3 nitrogen and oxygen atoms in total. The van der Waals surface area contributed by atoms with Gasteiger partial charge in [-0.3, -0.25) is 4.90 Å². The Bertz CT molecular complexity index is 1160. The molecule has 1 aliphatic rings. The minimum Gasteiger partial charge on any atom is -0.477 e. The summed E-state index contributed by atoms with van der Waals surface area (Å²) in [7, 11) is 0. The van der Waals surface area contributed by atoms with Crippen molar-refractivity contribution in [2.45, 2.75) is 38.3 Å². The predicted octanol–water partition coefficient (Wildman–Crippen LogP) is 7.27. The molecule has 3 aromatic rings. The second-order valence-corrected chi connectivity index (χ2v) is 8.34. The van der Waals surface area contributed by atoms with Crippen LogP contribution in [0.4, 0.5) is 30.7 Å². The summed E-state index contributed by atoms with van der Waals surface area (Å²) in [6.07, 6.45) is -7.81. The van der Waals surface area contributed by atoms with Crippen LogP contribution in [0.15, 0.2) is 54.7 Å². The standard InChI is InChI=1S/C25H21F7N2O/c1-15(17-11-18(24(27,28)29)13-19(12-17)25(30,31)32)34-9-2-10-35-23-22(14-34)21(7-8-33-23)16-3-5-20(26)6-4-16/h3-8,11-13,15H,2,9-10,14H2,1H3. The van der Waals surface area contributed by atoms with Crippen molar-refractivity contribution in [1.82, 2.24) is 9.88 Å². The highest BCUT2D eigenvalue weighted by Gasteiger charge is 2.38. The number of ether oxygens (including phenoxy) is 1. The van der Waals surface area contributed by atoms with Crippen LogP contribution in [0.3, 0.4) is 0 Å². The molecular formula is C25H21F7N2O. The first-order chi connectivity index (χ1) is 16.4. The second-order valence-electron chi connectivity index (χ2n) is 8.34. The van der Waals surface area contributed by atoms with E-state index in [0.29, 0.717) is 35.5 Å². The number of benzene rings is 2. The fourth-order valence-corrected chi connectivity index (χ4v) is 4.13. The van der Waals surface area contributed by atoms with Crippen LogP contribution in [0.5, 0.6) is 5.88 Å². The molecule has 0 amide bonds. The molecule has 10 heteroatoms. The molecule has 1 unspecified atom stereocenters. The maximum absolute atomic E-state index is 13.4. The van der Waals surface area contributed by atoms with Gasteiger partial charge in [-0.1, -0.05) is 12.1 Å². The molecule has 0 N–H and O–H groups in total. The molecule has 0 bridgehead atoms. The smallest absolute Gasteiger partial charge is 0.416 e. The van der Waals surface area contributed by atoms with Crippen molar-refractivity contribution in [3.05, 3.63) is 82.8 Å². The summed E-state index contributed by atoms with van der Waals surface area (Å²) in [6, 6.07) is 8.36. The first kappa shape index (κ1) is 25.0. The highest BCUT2D eigenvalue weighted by Crippen LogP contribution is 2.39. The van der Waals surface area contributed by atoms with E-state index in [-0.39, 0.29) is 24.8 Å². The van der Waals surface area contributed by atoms with Crippen molar-refractivity contribution >= 4 is 0 Å². The van der Waals surface area contributed by atoms with E-state index >= 15 is 0 Å². The lowest BCUT2D eigenvalue weighted by atomic mass is 9.97. The number of hydrogen-bond acceptors (Lipinski definition) is 3. The summed E-state index contributed by atoms with van der Waals surface area (Å²) in [5, 5.41) is 0. The van der Waals surface area contributed by atoms with E-state index in [9.17, 15) is 30.7 Å². The Hall–Kier alpha value is -3.14. The third-order valence-electron chi connectivity index (χ3n) is 6.00. The molecule has 0 radical (unpaired) electrons. The fourth-order valence-electron chi connectivity index (χ4n) is 4.13. The minimum atomic E-state index is -4.92. The van der Waals surface area contributed by atoms with Crippen molar-refractivity contribution in [2.24, 2.45) is 0 Å². The van der Waals surface area contributed by atoms with Gasteiger partial charge in [0, 0.05) is 30.9 Å². The summed E-state index contributed by atoms with van der Waals surface area (Å²) in [5.41, 5.74) is -0.803. The molecule has 2 heterocycles. The van der Waals surface area contributed by atoms with E-state index in [1.54, 1.807) is 30.0 Å². The van der Waals surface area contributed by atoms with Crippen LogP contribution in [0.2, 0.25) is 0 Å². The Morgan fingerprint density at radius 2 is 1.54 bits per heavy atom. The van der Waals surface area contributed by atoms with Crippen molar-refractivity contribution in [3.63, 3.8) is 0 Å². The number of rotatable bonds is 3. The van der Waals surface area contributed by atoms with Crippen molar-refractivity contribution < 1.29 is 35.5 Å². The number of hydrogen-bond donors (Lipinski definition) is 0. The maximum atomic E-state index is 13.4. The van der Waals surface area contributed by atoms with Gasteiger partial charge in [0.15, 0.2) is 0 Å². The second kappa shape index (κ2) is 9.49. The van der Waals surface area contributed by atoms with E-state index in [0.717, 1.165) is 12.1 Å². The van der Waals surface area contributed by atoms with Crippen molar-refractivity contribution in [1.29, 1.82) is 0 Å². The summed E-state index contributed by atoms with van der Waals surface area (Å²) in [4.78, 5) is 6.06. The molecule has 0 fully saturated rings. The lowest BCUT2D eigenvalue weighted by Crippen LogP contribution is -2.31. The third kappa shape index (κ3) is 5.58. The van der Waals surface area contributed by atoms with Gasteiger partial charge < -0.3 is 4.74 Å². The predicted molar refractivity (Wildman–Crippen MR) is 115 cm³/mol. The zero-order valence-electron chi connectivity index (χ0n) is 18.6. The largest absolute Gasteiger partial charge is 0.477 e. The SMILES string of the molecule is CC(c1cc(C(F)(F)F)cc(C(F)(F)F)c1)N1CCCOc2nccc(-c3ccc(F)cc3)c2C1. The van der Waals surface area contributed by atoms with Gasteiger partial charge in [0.1, 0.15) is 5.82 Å². The van der Waals surface area contributed by atoms with Gasteiger partial charge in [-0.2, -0.15) is 26.3 Å². The van der Waals surface area contributed by atoms with Gasteiger partial charge in [-0.05, 0) is 66.4 Å². The highest BCUT2D eigenvalue weighted by molar-refractivity contribution is 5.69. The lowest BCUT2D eigenvalue weighted by Gasteiger charge is -2.33. The molecule has 0 saturated carbocycles. The summed E-state index contributed by atoms with van der Waals surface area (Å²) in [5.74, 6) is -0.0917. The van der Waals surface area contributed by atoms with Crippen LogP contribution in [0.1, 0.15) is 41.6 Å². The molecule has 0 saturated heterocycles. The number of pyridine rings is 1. The summed E-state index contributed by atoms with van der Waals surface area (Å²) in [6.45, 7) is 2.38. The van der Waals surface area contributed by atoms with Crippen molar-refractivity contribution in [2.75, 3.05) is 13.2 Å². The van der Waals surface area contributed by atoms with Crippen LogP contribution in [0, 0.1) is 5.82 Å². The van der Waals surface area contributed by atoms with Gasteiger partial charge in [0.25, 0.3) is 0 Å². The molecule has 35 heavy (non-hydrogen) atoms. The van der Waals surface area contributed by atoms with E-state index in [1.165, 1.54) is 18.3 Å². The minimum absolute atomic E-state index is 0.0950. The maximum Gasteiger partial charge on any atom is 0.416 e. The first-order valence-corrected chi connectivity index (χ1v) is 10.8. The Kier molecular flexibility index (Phi) is 6.77. The van der Waals surface area contributed by atoms with Gasteiger partial charge in [0.05, 0.1) is 17.7 Å². The third-order valence-corrected chi connectivity index (χ3v) is 6.00. The first-order valence-electron chi connectivity index (χ1n) is 10.8. The number of alkyl halides is 6. The quantitative estimate of drug-likeness (QED) is 0.355. The van der Waals surface area contributed by atoms with Crippen LogP contribution in [-0.4, -0.2) is 23.0 Å². The number of halogens is 7. The fraction of sp³-hybridized carbons (Fsp3) is 0.320. The molecule has 1 atom stereocenters. The molecule has 0 aliphatic carbocycles. The average molecular weight is 498 g/mol. The van der Waals surface area contributed by atoms with E-state index in [4.69, 9.17) is 4.74 Å². The Morgan fingerprint density at radius 1 is 0.914 bits per heavy atom. The van der Waals surface area contributed by atoms with Crippen LogP contribution in [0.25, 0.3) is 11.1 Å². The lowest BCUT2D eigenvalue weighted by molar-refractivity contribution is -0.143. The van der Waals surface area contributed by atoms with Gasteiger partial charge >= 0.3 is 12.4 Å². The van der Waals surface area contributed by atoms with Gasteiger partial charge in [-0.25, -0.2) is 9.37 Å². The van der Waals surface area contributed by atoms with E-state index in [2.05, 4.69) is 4.98 Å². The van der Waals surface area contributed by atoms with E-state index in [1.807, 2.05) is 0 Å². The molecule has 186 valence electrons. The molecule has 2 aromatic carbocycles. The van der Waals surface area contributed by atoms with E-state index < -0.39 is 35.3 Å². The average Bonchev–Trinajstić information content (AvgIpc) is 2.78. The summed E-state index contributed by atoms with van der Waals surface area (Å²) >= 11 is 0. The monoisotopic (exact) mass is 498 g/mol. The summed E-state index contributed by atoms with van der Waals surface area (Å²) < 4.78 is 99.6. The highest BCUT2D eigenvalue weighted by atomic mass is 19.4. The zero-order valence-corrected chi connectivity index (χ0v) is 18.6. The number of fused-ring (bicyclic) bond motifs is 1. The Morgan fingerprint density at radius 3 is 2.14 bits per heavy atom. The zero-order chi connectivity index (χ0) is 25.4. The normalized spacial score (nSPS) is 16.1. The van der Waals surface area contributed by atoms with Crippen LogP contribution < -0.4 is 4.74 Å². The molecule has 0 spiro atoms.